The second-order valence-electron chi connectivity index (χ2n) is 6.36. The number of carbonyl (C=O) groups excluding carboxylic acids is 1. The summed E-state index contributed by atoms with van der Waals surface area (Å²) in [6.07, 6.45) is 0.524. The molecule has 5 nitrogen and oxygen atoms in total. The van der Waals surface area contributed by atoms with Gasteiger partial charge in [-0.2, -0.15) is 11.8 Å². The number of thioether (sulfide) groups is 1. The van der Waals surface area contributed by atoms with E-state index in [1.807, 2.05) is 36.0 Å². The van der Waals surface area contributed by atoms with Gasteiger partial charge in [0, 0.05) is 30.5 Å². The van der Waals surface area contributed by atoms with E-state index in [1.165, 1.54) is 0 Å². The quantitative estimate of drug-likeness (QED) is 0.714. The second kappa shape index (κ2) is 10.3. The zero-order valence-corrected chi connectivity index (χ0v) is 16.9. The van der Waals surface area contributed by atoms with Crippen LogP contribution in [-0.4, -0.2) is 40.0 Å². The van der Waals surface area contributed by atoms with Crippen LogP contribution in [0.1, 0.15) is 32.1 Å². The first-order valence-corrected chi connectivity index (χ1v) is 9.34. The Hall–Kier alpha value is -0.950. The summed E-state index contributed by atoms with van der Waals surface area (Å²) >= 11 is 1.91. The minimum absolute atomic E-state index is 0. The number of imidazole rings is 1. The van der Waals surface area contributed by atoms with Gasteiger partial charge in [0.15, 0.2) is 0 Å². The number of halogens is 2. The molecule has 2 aromatic rings. The highest BCUT2D eigenvalue weighted by Gasteiger charge is 2.24. The highest BCUT2D eigenvalue weighted by atomic mass is 35.5. The fourth-order valence-corrected chi connectivity index (χ4v) is 3.83. The molecule has 0 radical (unpaired) electrons. The normalized spacial score (nSPS) is 18.3. The summed E-state index contributed by atoms with van der Waals surface area (Å²) in [6.45, 7) is 5.19. The van der Waals surface area contributed by atoms with E-state index >= 15 is 0 Å². The number of rotatable bonds is 5. The minimum Gasteiger partial charge on any atom is -0.346 e. The minimum atomic E-state index is -0.0915. The Labute approximate surface area is 165 Å². The molecule has 2 heterocycles. The van der Waals surface area contributed by atoms with E-state index in [9.17, 15) is 4.79 Å². The molecule has 8 heteroatoms. The van der Waals surface area contributed by atoms with Gasteiger partial charge in [-0.3, -0.25) is 4.79 Å². The van der Waals surface area contributed by atoms with Crippen LogP contribution in [0, 0.1) is 5.92 Å². The van der Waals surface area contributed by atoms with Crippen molar-refractivity contribution in [2.45, 2.75) is 32.4 Å². The number of fused-ring (bicyclic) bond motifs is 1. The Morgan fingerprint density at radius 1 is 1.36 bits per heavy atom. The first-order valence-electron chi connectivity index (χ1n) is 8.18. The molecular weight excluding hydrogens is 379 g/mol. The number of para-hydroxylation sites is 2. The smallest absolute Gasteiger partial charge is 0.222 e. The standard InChI is InChI=1S/C17H24N4OS.2ClH/c1-11(2)16(17-19-13-5-3-4-6-14(13)20-17)21-15(22)9-12-10-23-8-7-18-12;;/h3-6,11-12,16,18H,7-10H2,1-2H3,(H,19,20)(H,21,22);2*1H. The number of carbonyl (C=O) groups is 1. The lowest BCUT2D eigenvalue weighted by atomic mass is 10.0. The van der Waals surface area contributed by atoms with Crippen molar-refractivity contribution in [2.75, 3.05) is 18.1 Å². The van der Waals surface area contributed by atoms with Crippen LogP contribution in [0.5, 0.6) is 0 Å². The van der Waals surface area contributed by atoms with Gasteiger partial charge < -0.3 is 15.6 Å². The number of H-pyrrole nitrogens is 1. The first kappa shape index (κ1) is 22.1. The van der Waals surface area contributed by atoms with E-state index < -0.39 is 0 Å². The highest BCUT2D eigenvalue weighted by molar-refractivity contribution is 7.99. The fourth-order valence-electron chi connectivity index (χ4n) is 2.88. The molecule has 1 aromatic carbocycles. The van der Waals surface area contributed by atoms with E-state index in [2.05, 4.69) is 34.4 Å². The van der Waals surface area contributed by atoms with Crippen molar-refractivity contribution in [2.24, 2.45) is 5.92 Å². The van der Waals surface area contributed by atoms with Crippen molar-refractivity contribution in [3.63, 3.8) is 0 Å². The molecule has 0 bridgehead atoms. The van der Waals surface area contributed by atoms with Crippen molar-refractivity contribution in [1.82, 2.24) is 20.6 Å². The maximum absolute atomic E-state index is 12.4. The van der Waals surface area contributed by atoms with Gasteiger partial charge in [0.05, 0.1) is 17.1 Å². The molecule has 2 unspecified atom stereocenters. The number of nitrogens with zero attached hydrogens (tertiary/aromatic N) is 1. The van der Waals surface area contributed by atoms with Crippen LogP contribution >= 0.6 is 36.6 Å². The number of amides is 1. The topological polar surface area (TPSA) is 69.8 Å². The Kier molecular flexibility index (Phi) is 9.07. The molecule has 3 rings (SSSR count). The molecule has 25 heavy (non-hydrogen) atoms. The lowest BCUT2D eigenvalue weighted by Gasteiger charge is -2.25. The third kappa shape index (κ3) is 5.78. The lowest BCUT2D eigenvalue weighted by Crippen LogP contribution is -2.42. The summed E-state index contributed by atoms with van der Waals surface area (Å²) in [5, 5.41) is 6.57. The summed E-state index contributed by atoms with van der Waals surface area (Å²) in [7, 11) is 0. The van der Waals surface area contributed by atoms with Crippen LogP contribution in [0.25, 0.3) is 11.0 Å². The van der Waals surface area contributed by atoms with Crippen LogP contribution in [0.4, 0.5) is 0 Å². The predicted molar refractivity (Wildman–Crippen MR) is 110 cm³/mol. The van der Waals surface area contributed by atoms with Crippen LogP contribution in [0.2, 0.25) is 0 Å². The van der Waals surface area contributed by atoms with Crippen molar-refractivity contribution < 1.29 is 4.79 Å². The first-order chi connectivity index (χ1) is 11.1. The van der Waals surface area contributed by atoms with Gasteiger partial charge in [0.2, 0.25) is 5.91 Å². The number of nitrogens with one attached hydrogen (secondary N) is 3. The molecule has 3 N–H and O–H groups in total. The van der Waals surface area contributed by atoms with Crippen molar-refractivity contribution in [3.8, 4) is 0 Å². The zero-order valence-electron chi connectivity index (χ0n) is 14.5. The van der Waals surface area contributed by atoms with Gasteiger partial charge in [-0.25, -0.2) is 4.98 Å². The highest BCUT2D eigenvalue weighted by Crippen LogP contribution is 2.22. The maximum atomic E-state index is 12.4. The summed E-state index contributed by atoms with van der Waals surface area (Å²) in [5.41, 5.74) is 1.94. The van der Waals surface area contributed by atoms with Crippen molar-refractivity contribution in [3.05, 3.63) is 30.1 Å². The molecule has 1 saturated heterocycles. The number of benzene rings is 1. The molecule has 0 aliphatic carbocycles. The third-order valence-electron chi connectivity index (χ3n) is 4.12. The molecule has 0 spiro atoms. The molecule has 2 atom stereocenters. The summed E-state index contributed by atoms with van der Waals surface area (Å²) in [4.78, 5) is 20.4. The number of hydrogen-bond donors (Lipinski definition) is 3. The van der Waals surface area contributed by atoms with E-state index in [0.717, 1.165) is 34.9 Å². The number of aromatic nitrogens is 2. The molecule has 1 amide bonds. The molecule has 1 fully saturated rings. The average Bonchev–Trinajstić information content (AvgIpc) is 2.97. The fraction of sp³-hybridized carbons (Fsp3) is 0.529. The van der Waals surface area contributed by atoms with E-state index in [1.54, 1.807) is 0 Å². The molecule has 140 valence electrons. The Balaban J connectivity index is 0.00000156. The van der Waals surface area contributed by atoms with Crippen molar-refractivity contribution in [1.29, 1.82) is 0 Å². The molecule has 1 aromatic heterocycles. The van der Waals surface area contributed by atoms with Gasteiger partial charge in [-0.15, -0.1) is 24.8 Å². The monoisotopic (exact) mass is 404 g/mol. The van der Waals surface area contributed by atoms with Crippen molar-refractivity contribution >= 4 is 53.5 Å². The van der Waals surface area contributed by atoms with Crippen LogP contribution in [0.3, 0.4) is 0 Å². The summed E-state index contributed by atoms with van der Waals surface area (Å²) < 4.78 is 0. The second-order valence-corrected chi connectivity index (χ2v) is 7.51. The van der Waals surface area contributed by atoms with E-state index in [0.29, 0.717) is 6.42 Å². The maximum Gasteiger partial charge on any atom is 0.222 e. The average molecular weight is 405 g/mol. The number of hydrogen-bond acceptors (Lipinski definition) is 4. The van der Waals surface area contributed by atoms with E-state index in [-0.39, 0.29) is 48.7 Å². The third-order valence-corrected chi connectivity index (χ3v) is 5.25. The summed E-state index contributed by atoms with van der Waals surface area (Å²) in [6, 6.07) is 8.14. The largest absolute Gasteiger partial charge is 0.346 e. The summed E-state index contributed by atoms with van der Waals surface area (Å²) in [5.74, 6) is 3.33. The van der Waals surface area contributed by atoms with Crippen LogP contribution in [0.15, 0.2) is 24.3 Å². The Morgan fingerprint density at radius 3 is 2.76 bits per heavy atom. The van der Waals surface area contributed by atoms with Crippen LogP contribution < -0.4 is 10.6 Å². The lowest BCUT2D eigenvalue weighted by molar-refractivity contribution is -0.122. The molecule has 1 aliphatic heterocycles. The number of aromatic amines is 1. The Morgan fingerprint density at radius 2 is 2.12 bits per heavy atom. The van der Waals surface area contributed by atoms with Gasteiger partial charge >= 0.3 is 0 Å². The van der Waals surface area contributed by atoms with Gasteiger partial charge in [-0.1, -0.05) is 26.0 Å². The molecule has 1 aliphatic rings. The van der Waals surface area contributed by atoms with Gasteiger partial charge in [-0.05, 0) is 18.1 Å². The van der Waals surface area contributed by atoms with E-state index in [4.69, 9.17) is 0 Å². The SMILES string of the molecule is CC(C)C(NC(=O)CC1CSCCN1)c1nc2ccccc2[nH]1.Cl.Cl. The predicted octanol–water partition coefficient (Wildman–Crippen LogP) is 3.31. The Bertz CT molecular complexity index is 640. The zero-order chi connectivity index (χ0) is 16.2. The van der Waals surface area contributed by atoms with Gasteiger partial charge in [0.25, 0.3) is 0 Å². The molecule has 0 saturated carbocycles. The van der Waals surface area contributed by atoms with Crippen LogP contribution in [-0.2, 0) is 4.79 Å². The molecular formula is C17H26Cl2N4OS. The van der Waals surface area contributed by atoms with Gasteiger partial charge in [0.1, 0.15) is 5.82 Å².